The number of nitrogens with one attached hydrogen (secondary N) is 1. The lowest BCUT2D eigenvalue weighted by molar-refractivity contribution is -0.384. The summed E-state index contributed by atoms with van der Waals surface area (Å²) in [6.07, 6.45) is 1.20. The number of carboxylic acid groups (broad SMARTS) is 1. The Hall–Kier alpha value is -4.26. The van der Waals surface area contributed by atoms with E-state index >= 15 is 0 Å². The maximum atomic E-state index is 13.0. The summed E-state index contributed by atoms with van der Waals surface area (Å²) < 4.78 is 11.0. The maximum Gasteiger partial charge on any atom is 0.341 e. The Labute approximate surface area is 200 Å². The molecule has 12 nitrogen and oxygen atoms in total. The van der Waals surface area contributed by atoms with Crippen molar-refractivity contribution in [3.8, 4) is 11.5 Å². The van der Waals surface area contributed by atoms with Gasteiger partial charge in [0, 0.05) is 12.1 Å². The third-order valence-electron chi connectivity index (χ3n) is 4.38. The number of imide groups is 2. The molecule has 1 saturated heterocycles. The Morgan fingerprint density at radius 2 is 1.97 bits per heavy atom. The molecule has 2 N–H and O–H groups in total. The number of ether oxygens (including phenoxy) is 2. The summed E-state index contributed by atoms with van der Waals surface area (Å²) in [5, 5.41) is 22.0. The van der Waals surface area contributed by atoms with Crippen molar-refractivity contribution in [1.29, 1.82) is 0 Å². The van der Waals surface area contributed by atoms with Crippen molar-refractivity contribution in [3.05, 3.63) is 62.1 Å². The highest BCUT2D eigenvalue weighted by atomic mass is 79.9. The molecule has 1 heterocycles. The zero-order chi connectivity index (χ0) is 25.0. The number of nitro benzene ring substituents is 1. The fourth-order valence-corrected chi connectivity index (χ4v) is 3.59. The van der Waals surface area contributed by atoms with Gasteiger partial charge in [-0.3, -0.25) is 25.0 Å². The lowest BCUT2D eigenvalue weighted by Gasteiger charge is -2.26. The SMILES string of the molecule is CCOc1cc(/C=C2\C(=O)NC(=O)N(c3cccc([N+](=O)[O-])c3)C2=O)cc(Br)c1OCC(=O)O. The monoisotopic (exact) mass is 533 g/mol. The van der Waals surface area contributed by atoms with E-state index in [4.69, 9.17) is 14.6 Å². The van der Waals surface area contributed by atoms with E-state index in [1.165, 1.54) is 36.4 Å². The minimum atomic E-state index is -1.20. The number of benzene rings is 2. The van der Waals surface area contributed by atoms with Crippen LogP contribution in [0.5, 0.6) is 11.5 Å². The first-order valence-electron chi connectivity index (χ1n) is 9.59. The number of carboxylic acids is 1. The van der Waals surface area contributed by atoms with Crippen LogP contribution in [0.15, 0.2) is 46.4 Å². The lowest BCUT2D eigenvalue weighted by Crippen LogP contribution is -2.54. The minimum Gasteiger partial charge on any atom is -0.490 e. The van der Waals surface area contributed by atoms with Crippen molar-refractivity contribution in [2.45, 2.75) is 6.92 Å². The van der Waals surface area contributed by atoms with Crippen molar-refractivity contribution in [2.24, 2.45) is 0 Å². The Morgan fingerprint density at radius 3 is 2.62 bits per heavy atom. The molecular weight excluding hydrogens is 518 g/mol. The fraction of sp³-hybridized carbons (Fsp3) is 0.143. The number of anilines is 1. The van der Waals surface area contributed by atoms with Gasteiger partial charge < -0.3 is 14.6 Å². The van der Waals surface area contributed by atoms with Crippen LogP contribution in [0.2, 0.25) is 0 Å². The first kappa shape index (κ1) is 24.4. The van der Waals surface area contributed by atoms with Crippen LogP contribution >= 0.6 is 15.9 Å². The van der Waals surface area contributed by atoms with Gasteiger partial charge in [0.1, 0.15) is 5.57 Å². The van der Waals surface area contributed by atoms with E-state index in [9.17, 15) is 29.3 Å². The number of nitro groups is 1. The second-order valence-electron chi connectivity index (χ2n) is 6.68. The standard InChI is InChI=1S/C21H16BrN3O9/c1-2-33-16-8-11(7-15(22)18(16)34-10-17(26)27)6-14-19(28)23-21(30)24(20(14)29)12-4-3-5-13(9-12)25(31)32/h3-9H,2,10H2,1H3,(H,26,27)(H,23,28,30)/b14-6+. The van der Waals surface area contributed by atoms with Gasteiger partial charge in [0.05, 0.1) is 21.7 Å². The molecule has 13 heteroatoms. The second-order valence-corrected chi connectivity index (χ2v) is 7.53. The van der Waals surface area contributed by atoms with E-state index in [-0.39, 0.29) is 29.5 Å². The molecule has 0 aliphatic carbocycles. The van der Waals surface area contributed by atoms with Gasteiger partial charge in [-0.25, -0.2) is 14.5 Å². The predicted molar refractivity (Wildman–Crippen MR) is 121 cm³/mol. The predicted octanol–water partition coefficient (Wildman–Crippen LogP) is 2.89. The molecule has 2 aromatic carbocycles. The van der Waals surface area contributed by atoms with Gasteiger partial charge in [0.25, 0.3) is 17.5 Å². The van der Waals surface area contributed by atoms with Crippen molar-refractivity contribution < 1.29 is 38.7 Å². The van der Waals surface area contributed by atoms with Crippen LogP contribution in [0.1, 0.15) is 12.5 Å². The second kappa shape index (κ2) is 10.1. The maximum absolute atomic E-state index is 13.0. The summed E-state index contributed by atoms with van der Waals surface area (Å²) in [5.74, 6) is -2.89. The van der Waals surface area contributed by atoms with Crippen molar-refractivity contribution in [1.82, 2.24) is 5.32 Å². The molecule has 1 aliphatic rings. The Morgan fingerprint density at radius 1 is 1.24 bits per heavy atom. The third kappa shape index (κ3) is 5.20. The number of hydrogen-bond donors (Lipinski definition) is 2. The number of amides is 4. The number of non-ortho nitro benzene ring substituents is 1. The molecule has 176 valence electrons. The van der Waals surface area contributed by atoms with Gasteiger partial charge in [-0.1, -0.05) is 6.07 Å². The summed E-state index contributed by atoms with van der Waals surface area (Å²) in [7, 11) is 0. The summed E-state index contributed by atoms with van der Waals surface area (Å²) in [5.41, 5.74) is -0.559. The molecule has 0 spiro atoms. The summed E-state index contributed by atoms with van der Waals surface area (Å²) >= 11 is 3.25. The Balaban J connectivity index is 2.02. The van der Waals surface area contributed by atoms with E-state index in [2.05, 4.69) is 15.9 Å². The average Bonchev–Trinajstić information content (AvgIpc) is 2.76. The minimum absolute atomic E-state index is 0.0938. The first-order valence-corrected chi connectivity index (χ1v) is 10.4. The average molecular weight is 534 g/mol. The first-order chi connectivity index (χ1) is 16.1. The Kier molecular flexibility index (Phi) is 7.26. The topological polar surface area (TPSA) is 165 Å². The van der Waals surface area contributed by atoms with Gasteiger partial charge in [0.15, 0.2) is 18.1 Å². The molecule has 2 aromatic rings. The number of urea groups is 1. The number of carbonyl (C=O) groups is 4. The number of halogens is 1. The molecule has 3 rings (SSSR count). The van der Waals surface area contributed by atoms with Gasteiger partial charge >= 0.3 is 12.0 Å². The number of nitrogens with zero attached hydrogens (tertiary/aromatic N) is 2. The zero-order valence-electron chi connectivity index (χ0n) is 17.4. The molecule has 1 aliphatic heterocycles. The van der Waals surface area contributed by atoms with Crippen LogP contribution < -0.4 is 19.7 Å². The van der Waals surface area contributed by atoms with E-state index in [0.717, 1.165) is 6.07 Å². The molecule has 0 saturated carbocycles. The number of aliphatic carboxylic acids is 1. The number of carbonyl (C=O) groups excluding carboxylic acids is 3. The Bertz CT molecular complexity index is 1240. The quantitative estimate of drug-likeness (QED) is 0.224. The van der Waals surface area contributed by atoms with Crippen molar-refractivity contribution in [2.75, 3.05) is 18.1 Å². The van der Waals surface area contributed by atoms with E-state index in [1.807, 2.05) is 5.32 Å². The molecular formula is C21H16BrN3O9. The number of barbiturate groups is 1. The molecule has 0 aromatic heterocycles. The van der Waals surface area contributed by atoms with Gasteiger partial charge in [-0.05, 0) is 52.7 Å². The zero-order valence-corrected chi connectivity index (χ0v) is 19.0. The smallest absolute Gasteiger partial charge is 0.341 e. The van der Waals surface area contributed by atoms with Crippen LogP contribution in [0.4, 0.5) is 16.2 Å². The highest BCUT2D eigenvalue weighted by molar-refractivity contribution is 9.10. The normalized spacial score (nSPS) is 14.7. The van der Waals surface area contributed by atoms with E-state index in [1.54, 1.807) is 6.92 Å². The van der Waals surface area contributed by atoms with Gasteiger partial charge in [-0.2, -0.15) is 0 Å². The van der Waals surface area contributed by atoms with Crippen molar-refractivity contribution >= 4 is 57.2 Å². The van der Waals surface area contributed by atoms with Crippen LogP contribution in [0.3, 0.4) is 0 Å². The summed E-state index contributed by atoms with van der Waals surface area (Å²) in [4.78, 5) is 59.7. The van der Waals surface area contributed by atoms with E-state index in [0.29, 0.717) is 14.9 Å². The molecule has 34 heavy (non-hydrogen) atoms. The molecule has 1 fully saturated rings. The van der Waals surface area contributed by atoms with Crippen LogP contribution in [0.25, 0.3) is 6.08 Å². The van der Waals surface area contributed by atoms with Crippen molar-refractivity contribution in [3.63, 3.8) is 0 Å². The largest absolute Gasteiger partial charge is 0.490 e. The summed E-state index contributed by atoms with van der Waals surface area (Å²) in [6.45, 7) is 1.28. The molecule has 0 radical (unpaired) electrons. The van der Waals surface area contributed by atoms with Gasteiger partial charge in [-0.15, -0.1) is 0 Å². The van der Waals surface area contributed by atoms with Gasteiger partial charge in [0.2, 0.25) is 0 Å². The number of hydrogen-bond acceptors (Lipinski definition) is 8. The van der Waals surface area contributed by atoms with Crippen LogP contribution in [-0.2, 0) is 14.4 Å². The highest BCUT2D eigenvalue weighted by Crippen LogP contribution is 2.38. The van der Waals surface area contributed by atoms with Crippen LogP contribution in [0, 0.1) is 10.1 Å². The molecule has 0 unspecified atom stereocenters. The fourth-order valence-electron chi connectivity index (χ4n) is 3.01. The highest BCUT2D eigenvalue weighted by Gasteiger charge is 2.37. The number of rotatable bonds is 8. The summed E-state index contributed by atoms with van der Waals surface area (Å²) in [6, 6.07) is 6.67. The molecule has 0 atom stereocenters. The molecule has 0 bridgehead atoms. The third-order valence-corrected chi connectivity index (χ3v) is 4.97. The lowest BCUT2D eigenvalue weighted by atomic mass is 10.1. The van der Waals surface area contributed by atoms with Crippen LogP contribution in [-0.4, -0.2) is 47.1 Å². The molecule has 4 amide bonds. The van der Waals surface area contributed by atoms with E-state index < -0.39 is 40.9 Å².